The molecule has 1 aliphatic heterocycles. The van der Waals surface area contributed by atoms with E-state index in [0.29, 0.717) is 42.9 Å². The normalized spacial score (nSPS) is 15.0. The highest BCUT2D eigenvalue weighted by atomic mass is 19.2. The quantitative estimate of drug-likeness (QED) is 0.225. The fourth-order valence-electron chi connectivity index (χ4n) is 4.72. The number of aromatic nitrogens is 2. The van der Waals surface area contributed by atoms with Crippen LogP contribution in [0.1, 0.15) is 34.8 Å². The van der Waals surface area contributed by atoms with Crippen LogP contribution in [0.2, 0.25) is 0 Å². The van der Waals surface area contributed by atoms with Crippen LogP contribution in [0.3, 0.4) is 0 Å². The highest BCUT2D eigenvalue weighted by molar-refractivity contribution is 5.93. The molecule has 1 amide bonds. The van der Waals surface area contributed by atoms with E-state index in [1.165, 1.54) is 24.5 Å². The zero-order valence-corrected chi connectivity index (χ0v) is 21.4. The number of nitrogens with zero attached hydrogens (tertiary/aromatic N) is 3. The van der Waals surface area contributed by atoms with Crippen LogP contribution in [0.5, 0.6) is 5.75 Å². The molecule has 0 spiro atoms. The largest absolute Gasteiger partial charge is 0.488 e. The highest BCUT2D eigenvalue weighted by Crippen LogP contribution is 2.28. The number of ether oxygens (including phenoxy) is 1. The monoisotopic (exact) mass is 550 g/mol. The number of hydrogen-bond acceptors (Lipinski definition) is 5. The second-order valence-electron chi connectivity index (χ2n) is 9.50. The average molecular weight is 551 g/mol. The lowest BCUT2D eigenvalue weighted by Gasteiger charge is -2.38. The fraction of sp³-hybridized carbons (Fsp3) is 0.233. The predicted octanol–water partition coefficient (Wildman–Crippen LogP) is 5.71. The van der Waals surface area contributed by atoms with Gasteiger partial charge in [-0.1, -0.05) is 42.5 Å². The van der Waals surface area contributed by atoms with Crippen LogP contribution in [0.15, 0.2) is 79.1 Å². The number of piperidine rings is 1. The van der Waals surface area contributed by atoms with Crippen molar-refractivity contribution in [2.75, 3.05) is 19.7 Å². The molecule has 1 N–H and O–H groups in total. The van der Waals surface area contributed by atoms with Crippen molar-refractivity contribution in [3.05, 3.63) is 114 Å². The lowest BCUT2D eigenvalue weighted by molar-refractivity contribution is 0.0832. The number of rotatable bonds is 8. The van der Waals surface area contributed by atoms with Crippen LogP contribution in [0.25, 0.3) is 11.4 Å². The third kappa shape index (κ3) is 6.28. The molecule has 10 heteroatoms. The van der Waals surface area contributed by atoms with Gasteiger partial charge in [-0.3, -0.25) is 9.69 Å². The van der Waals surface area contributed by atoms with E-state index in [4.69, 9.17) is 4.74 Å². The maximum Gasteiger partial charge on any atom is 0.254 e. The summed E-state index contributed by atoms with van der Waals surface area (Å²) in [5.74, 6) is -4.94. The first-order valence-electron chi connectivity index (χ1n) is 12.8. The number of benzene rings is 3. The van der Waals surface area contributed by atoms with Crippen molar-refractivity contribution in [3.63, 3.8) is 0 Å². The van der Waals surface area contributed by atoms with E-state index in [1.54, 1.807) is 12.1 Å². The molecule has 1 aliphatic rings. The molecule has 206 valence electrons. The summed E-state index contributed by atoms with van der Waals surface area (Å²) < 4.78 is 60.3. The molecule has 1 fully saturated rings. The average Bonchev–Trinajstić information content (AvgIpc) is 2.98. The molecule has 4 aromatic rings. The SMILES string of the molecule is O=C(NC1CCN(C(COc2ccc(F)c(F)c2F)c2ccccc2)CC1)c1cnc(-c2cccc(F)c2)nc1. The zero-order valence-electron chi connectivity index (χ0n) is 21.4. The minimum absolute atomic E-state index is 0.0258. The molecule has 1 saturated heterocycles. The van der Waals surface area contributed by atoms with Gasteiger partial charge in [0.2, 0.25) is 5.82 Å². The van der Waals surface area contributed by atoms with Gasteiger partial charge in [0, 0.05) is 37.1 Å². The molecule has 2 heterocycles. The Morgan fingerprint density at radius 1 is 0.925 bits per heavy atom. The van der Waals surface area contributed by atoms with E-state index in [0.717, 1.165) is 17.7 Å². The second-order valence-corrected chi connectivity index (χ2v) is 9.50. The van der Waals surface area contributed by atoms with Gasteiger partial charge < -0.3 is 10.1 Å². The summed E-state index contributed by atoms with van der Waals surface area (Å²) in [4.78, 5) is 23.4. The van der Waals surface area contributed by atoms with Gasteiger partial charge >= 0.3 is 0 Å². The maximum absolute atomic E-state index is 14.2. The molecule has 1 atom stereocenters. The minimum atomic E-state index is -1.57. The Morgan fingerprint density at radius 2 is 1.65 bits per heavy atom. The summed E-state index contributed by atoms with van der Waals surface area (Å²) in [6.45, 7) is 1.25. The van der Waals surface area contributed by atoms with E-state index in [2.05, 4.69) is 20.2 Å². The van der Waals surface area contributed by atoms with Crippen LogP contribution in [-0.4, -0.2) is 46.5 Å². The maximum atomic E-state index is 14.2. The third-order valence-electron chi connectivity index (χ3n) is 6.88. The van der Waals surface area contributed by atoms with E-state index in [-0.39, 0.29) is 30.3 Å². The van der Waals surface area contributed by atoms with Gasteiger partial charge in [-0.2, -0.15) is 4.39 Å². The summed E-state index contributed by atoms with van der Waals surface area (Å²) in [6.07, 6.45) is 4.13. The number of halogens is 4. The Hall–Kier alpha value is -4.31. The first-order valence-corrected chi connectivity index (χ1v) is 12.8. The number of carbonyl (C=O) groups is 1. The first kappa shape index (κ1) is 27.3. The van der Waals surface area contributed by atoms with Crippen LogP contribution >= 0.6 is 0 Å². The van der Waals surface area contributed by atoms with Gasteiger partial charge in [-0.15, -0.1) is 0 Å². The van der Waals surface area contributed by atoms with Crippen LogP contribution in [0, 0.1) is 23.3 Å². The van der Waals surface area contributed by atoms with E-state index in [1.807, 2.05) is 30.3 Å². The van der Waals surface area contributed by atoms with Crippen molar-refractivity contribution < 1.29 is 27.1 Å². The molecule has 0 radical (unpaired) electrons. The molecule has 1 aromatic heterocycles. The number of likely N-dealkylation sites (tertiary alicyclic amines) is 1. The van der Waals surface area contributed by atoms with Gasteiger partial charge in [0.1, 0.15) is 12.4 Å². The Balaban J connectivity index is 1.20. The minimum Gasteiger partial charge on any atom is -0.488 e. The Labute approximate surface area is 228 Å². The van der Waals surface area contributed by atoms with Crippen molar-refractivity contribution in [1.82, 2.24) is 20.2 Å². The van der Waals surface area contributed by atoms with Gasteiger partial charge in [-0.05, 0) is 42.7 Å². The molecule has 6 nitrogen and oxygen atoms in total. The highest BCUT2D eigenvalue weighted by Gasteiger charge is 2.28. The molecule has 0 aliphatic carbocycles. The van der Waals surface area contributed by atoms with Crippen molar-refractivity contribution >= 4 is 5.91 Å². The fourth-order valence-corrected chi connectivity index (χ4v) is 4.72. The van der Waals surface area contributed by atoms with E-state index < -0.39 is 23.3 Å². The molecule has 1 unspecified atom stereocenters. The lowest BCUT2D eigenvalue weighted by Crippen LogP contribution is -2.46. The lowest BCUT2D eigenvalue weighted by atomic mass is 9.99. The molecular weight excluding hydrogens is 524 g/mol. The molecule has 40 heavy (non-hydrogen) atoms. The van der Waals surface area contributed by atoms with Crippen molar-refractivity contribution in [2.45, 2.75) is 24.9 Å². The second kappa shape index (κ2) is 12.3. The van der Waals surface area contributed by atoms with Gasteiger partial charge in [-0.25, -0.2) is 23.1 Å². The number of nitrogens with one attached hydrogen (secondary N) is 1. The molecule has 0 saturated carbocycles. The van der Waals surface area contributed by atoms with Crippen molar-refractivity contribution in [3.8, 4) is 17.1 Å². The van der Waals surface area contributed by atoms with Crippen molar-refractivity contribution in [2.24, 2.45) is 0 Å². The molecule has 3 aromatic carbocycles. The van der Waals surface area contributed by atoms with Crippen LogP contribution < -0.4 is 10.1 Å². The van der Waals surface area contributed by atoms with Crippen LogP contribution in [-0.2, 0) is 0 Å². The summed E-state index contributed by atoms with van der Waals surface area (Å²) in [5.41, 5.74) is 1.75. The summed E-state index contributed by atoms with van der Waals surface area (Å²) >= 11 is 0. The summed E-state index contributed by atoms with van der Waals surface area (Å²) in [6, 6.07) is 17.0. The van der Waals surface area contributed by atoms with Gasteiger partial charge in [0.25, 0.3) is 5.91 Å². The van der Waals surface area contributed by atoms with Gasteiger partial charge in [0.15, 0.2) is 23.2 Å². The van der Waals surface area contributed by atoms with E-state index in [9.17, 15) is 22.4 Å². The Kier molecular flexibility index (Phi) is 8.35. The van der Waals surface area contributed by atoms with Crippen molar-refractivity contribution in [1.29, 1.82) is 0 Å². The number of hydrogen-bond donors (Lipinski definition) is 1. The topological polar surface area (TPSA) is 67.4 Å². The first-order chi connectivity index (χ1) is 19.4. The summed E-state index contributed by atoms with van der Waals surface area (Å²) in [7, 11) is 0. The van der Waals surface area contributed by atoms with Gasteiger partial charge in [0.05, 0.1) is 11.6 Å². The Morgan fingerprint density at radius 3 is 2.35 bits per heavy atom. The summed E-state index contributed by atoms with van der Waals surface area (Å²) in [5, 5.41) is 3.02. The number of carbonyl (C=O) groups excluding carboxylic acids is 1. The zero-order chi connectivity index (χ0) is 28.1. The van der Waals surface area contributed by atoms with Crippen LogP contribution in [0.4, 0.5) is 17.6 Å². The molecule has 0 bridgehead atoms. The third-order valence-corrected chi connectivity index (χ3v) is 6.88. The smallest absolute Gasteiger partial charge is 0.254 e. The molecular formula is C30H26F4N4O2. The standard InChI is InChI=1S/C30H26F4N4O2/c31-22-8-4-7-20(15-22)29-35-16-21(17-36-29)30(39)37-23-11-13-38(14-12-23)25(19-5-2-1-3-6-19)18-40-26-10-9-24(32)27(33)28(26)34/h1-10,15-17,23,25H,11-14,18H2,(H,37,39). The Bertz CT molecular complexity index is 1460. The predicted molar refractivity (Wildman–Crippen MR) is 140 cm³/mol. The number of amides is 1. The van der Waals surface area contributed by atoms with E-state index >= 15 is 0 Å². The molecule has 5 rings (SSSR count).